The summed E-state index contributed by atoms with van der Waals surface area (Å²) in [5.74, 6) is -0.140. The monoisotopic (exact) mass is 268 g/mol. The predicted octanol–water partition coefficient (Wildman–Crippen LogP) is 1.87. The van der Waals surface area contributed by atoms with Gasteiger partial charge in [-0.25, -0.2) is 9.38 Å². The maximum atomic E-state index is 13.0. The van der Waals surface area contributed by atoms with Crippen molar-refractivity contribution < 1.29 is 4.39 Å². The molecule has 1 aliphatic heterocycles. The number of hydrogen-bond donors (Lipinski definition) is 1. The van der Waals surface area contributed by atoms with Crippen LogP contribution >= 0.6 is 22.6 Å². The molecule has 2 atom stereocenters. The van der Waals surface area contributed by atoms with Crippen LogP contribution in [0.3, 0.4) is 0 Å². The van der Waals surface area contributed by atoms with Gasteiger partial charge < -0.3 is 5.32 Å². The van der Waals surface area contributed by atoms with E-state index in [1.165, 1.54) is 0 Å². The lowest BCUT2D eigenvalue weighted by molar-refractivity contribution is 0.270. The average molecular weight is 268 g/mol. The van der Waals surface area contributed by atoms with E-state index < -0.39 is 6.30 Å². The van der Waals surface area contributed by atoms with E-state index in [0.717, 1.165) is 9.42 Å². The number of aliphatic imine (C=N–C) groups is 1. The Bertz CT molecular complexity index is 212. The van der Waals surface area contributed by atoms with E-state index in [-0.39, 0.29) is 5.92 Å². The fourth-order valence-electron chi connectivity index (χ4n) is 0.975. The third-order valence-corrected chi connectivity index (χ3v) is 2.30. The van der Waals surface area contributed by atoms with Gasteiger partial charge in [0.05, 0.1) is 0 Å². The summed E-state index contributed by atoms with van der Waals surface area (Å²) < 4.78 is 13.7. The molecule has 0 amide bonds. The van der Waals surface area contributed by atoms with Crippen molar-refractivity contribution in [3.63, 3.8) is 0 Å². The summed E-state index contributed by atoms with van der Waals surface area (Å²) in [4.78, 5) is 3.78. The third-order valence-electron chi connectivity index (χ3n) is 1.71. The maximum absolute atomic E-state index is 13.0. The van der Waals surface area contributed by atoms with E-state index in [9.17, 15) is 4.39 Å². The number of dihydropyridines is 1. The van der Waals surface area contributed by atoms with Crippen LogP contribution < -0.4 is 5.32 Å². The van der Waals surface area contributed by atoms with Crippen LogP contribution in [0.2, 0.25) is 0 Å². The molecule has 0 saturated heterocycles. The molecule has 0 aliphatic carbocycles. The van der Waals surface area contributed by atoms with Gasteiger partial charge in [-0.05, 0) is 28.7 Å². The molecular weight excluding hydrogens is 258 g/mol. The largest absolute Gasteiger partial charge is 0.391 e. The molecule has 0 aromatic rings. The molecule has 1 N–H and O–H groups in total. The second-order valence-electron chi connectivity index (χ2n) is 2.46. The van der Waals surface area contributed by atoms with Gasteiger partial charge in [0, 0.05) is 18.7 Å². The van der Waals surface area contributed by atoms with E-state index in [1.807, 2.05) is 35.6 Å². The fraction of sp³-hybridized carbons (Fsp3) is 0.571. The molecule has 11 heavy (non-hydrogen) atoms. The minimum Gasteiger partial charge on any atom is -0.391 e. The highest BCUT2D eigenvalue weighted by atomic mass is 127. The molecule has 0 aromatic heterocycles. The molecule has 0 saturated carbocycles. The molecule has 0 bridgehead atoms. The summed E-state index contributed by atoms with van der Waals surface area (Å²) in [6.45, 7) is 1.82. The molecule has 0 radical (unpaired) electrons. The van der Waals surface area contributed by atoms with Crippen LogP contribution in [0.25, 0.3) is 0 Å². The summed E-state index contributed by atoms with van der Waals surface area (Å²) in [5, 5.41) is 2.95. The normalized spacial score (nSPS) is 30.9. The Morgan fingerprint density at radius 3 is 2.91 bits per heavy atom. The van der Waals surface area contributed by atoms with Crippen LogP contribution in [0.15, 0.2) is 16.8 Å². The molecular formula is C7H10FIN2. The van der Waals surface area contributed by atoms with Gasteiger partial charge in [0.15, 0.2) is 6.30 Å². The Hall–Kier alpha value is -0.130. The van der Waals surface area contributed by atoms with Gasteiger partial charge in [-0.1, -0.05) is 6.92 Å². The Kier molecular flexibility index (Phi) is 2.86. The van der Waals surface area contributed by atoms with E-state index >= 15 is 0 Å². The molecule has 62 valence electrons. The van der Waals surface area contributed by atoms with E-state index in [2.05, 4.69) is 10.3 Å². The Balaban J connectivity index is 2.84. The van der Waals surface area contributed by atoms with Crippen molar-refractivity contribution in [2.45, 2.75) is 13.2 Å². The number of nitrogens with one attached hydrogen (secondary N) is 1. The number of rotatable bonds is 1. The highest BCUT2D eigenvalue weighted by molar-refractivity contribution is 14.1. The average Bonchev–Trinajstić information content (AvgIpc) is 1.96. The van der Waals surface area contributed by atoms with E-state index in [0.29, 0.717) is 0 Å². The van der Waals surface area contributed by atoms with Crippen LogP contribution in [0, 0.1) is 5.92 Å². The SMILES string of the molecule is CNC1=CC(I)=NC(F)C1C. The highest BCUT2D eigenvalue weighted by Gasteiger charge is 2.22. The Labute approximate surface area is 79.1 Å². The zero-order chi connectivity index (χ0) is 8.43. The fourth-order valence-corrected chi connectivity index (χ4v) is 1.58. The maximum Gasteiger partial charge on any atom is 0.198 e. The van der Waals surface area contributed by atoms with Crippen LogP contribution in [0.4, 0.5) is 4.39 Å². The van der Waals surface area contributed by atoms with Gasteiger partial charge in [-0.2, -0.15) is 0 Å². The minimum atomic E-state index is -1.09. The number of halogens is 2. The summed E-state index contributed by atoms with van der Waals surface area (Å²) in [7, 11) is 1.80. The second kappa shape index (κ2) is 3.51. The van der Waals surface area contributed by atoms with Crippen molar-refractivity contribution >= 4 is 26.3 Å². The quantitative estimate of drug-likeness (QED) is 0.569. The van der Waals surface area contributed by atoms with Gasteiger partial charge in [-0.15, -0.1) is 0 Å². The van der Waals surface area contributed by atoms with Crippen molar-refractivity contribution in [1.82, 2.24) is 5.32 Å². The lowest BCUT2D eigenvalue weighted by Crippen LogP contribution is -2.25. The summed E-state index contributed by atoms with van der Waals surface area (Å²) in [6.07, 6.45) is 0.774. The Morgan fingerprint density at radius 1 is 1.73 bits per heavy atom. The zero-order valence-corrected chi connectivity index (χ0v) is 8.59. The van der Waals surface area contributed by atoms with Crippen LogP contribution in [0.1, 0.15) is 6.92 Å². The first-order chi connectivity index (χ1) is 5.15. The van der Waals surface area contributed by atoms with Gasteiger partial charge in [0.1, 0.15) is 3.72 Å². The summed E-state index contributed by atoms with van der Waals surface area (Å²) in [6, 6.07) is 0. The number of alkyl halides is 1. The van der Waals surface area contributed by atoms with Crippen molar-refractivity contribution in [2.75, 3.05) is 7.05 Å². The lowest BCUT2D eigenvalue weighted by Gasteiger charge is -2.20. The molecule has 1 rings (SSSR count). The lowest BCUT2D eigenvalue weighted by atomic mass is 10.1. The molecule has 0 spiro atoms. The minimum absolute atomic E-state index is 0.140. The molecule has 0 aromatic carbocycles. The van der Waals surface area contributed by atoms with Crippen molar-refractivity contribution in [2.24, 2.45) is 10.9 Å². The van der Waals surface area contributed by atoms with Gasteiger partial charge in [0.25, 0.3) is 0 Å². The third kappa shape index (κ3) is 1.91. The van der Waals surface area contributed by atoms with Gasteiger partial charge in [0.2, 0.25) is 0 Å². The number of allylic oxidation sites excluding steroid dienone is 1. The number of nitrogens with zero attached hydrogens (tertiary/aromatic N) is 1. The smallest absolute Gasteiger partial charge is 0.198 e. The number of hydrogen-bond acceptors (Lipinski definition) is 2. The van der Waals surface area contributed by atoms with E-state index in [1.54, 1.807) is 7.05 Å². The first kappa shape index (κ1) is 8.96. The van der Waals surface area contributed by atoms with Crippen LogP contribution in [-0.4, -0.2) is 17.1 Å². The molecule has 2 nitrogen and oxygen atoms in total. The highest BCUT2D eigenvalue weighted by Crippen LogP contribution is 2.22. The van der Waals surface area contributed by atoms with Crippen molar-refractivity contribution in [1.29, 1.82) is 0 Å². The molecule has 0 fully saturated rings. The first-order valence-corrected chi connectivity index (χ1v) is 4.49. The molecule has 1 aliphatic rings. The van der Waals surface area contributed by atoms with Gasteiger partial charge in [-0.3, -0.25) is 0 Å². The molecule has 1 heterocycles. The Morgan fingerprint density at radius 2 is 2.36 bits per heavy atom. The first-order valence-electron chi connectivity index (χ1n) is 3.42. The van der Waals surface area contributed by atoms with E-state index in [4.69, 9.17) is 0 Å². The van der Waals surface area contributed by atoms with Gasteiger partial charge >= 0.3 is 0 Å². The topological polar surface area (TPSA) is 24.4 Å². The van der Waals surface area contributed by atoms with Crippen molar-refractivity contribution in [3.05, 3.63) is 11.8 Å². The second-order valence-corrected chi connectivity index (χ2v) is 3.57. The standard InChI is InChI=1S/C7H10FIN2/c1-4-5(10-2)3-6(9)11-7(4)8/h3-4,7,10H,1-2H3. The van der Waals surface area contributed by atoms with Crippen LogP contribution in [-0.2, 0) is 0 Å². The summed E-state index contributed by atoms with van der Waals surface area (Å²) in [5.41, 5.74) is 0.914. The molecule has 4 heteroatoms. The summed E-state index contributed by atoms with van der Waals surface area (Å²) >= 11 is 2.01. The zero-order valence-electron chi connectivity index (χ0n) is 6.44. The van der Waals surface area contributed by atoms with Crippen molar-refractivity contribution in [3.8, 4) is 0 Å². The van der Waals surface area contributed by atoms with Crippen LogP contribution in [0.5, 0.6) is 0 Å². The molecule has 2 unspecified atom stereocenters. The predicted molar refractivity (Wildman–Crippen MR) is 52.7 cm³/mol.